The lowest BCUT2D eigenvalue weighted by Gasteiger charge is -2.21. The second kappa shape index (κ2) is 11.8. The van der Waals surface area contributed by atoms with Crippen molar-refractivity contribution in [2.75, 3.05) is 13.2 Å². The van der Waals surface area contributed by atoms with E-state index in [4.69, 9.17) is 10.5 Å². The number of esters is 1. The van der Waals surface area contributed by atoms with Crippen LogP contribution in [0.4, 0.5) is 0 Å². The minimum atomic E-state index is -0.0298. The average Bonchev–Trinajstić information content (AvgIpc) is 2.36. The van der Waals surface area contributed by atoms with Crippen molar-refractivity contribution >= 4 is 18.4 Å². The van der Waals surface area contributed by atoms with E-state index < -0.39 is 0 Å². The number of hydrogen-bond acceptors (Lipinski definition) is 3. The van der Waals surface area contributed by atoms with E-state index in [2.05, 4.69) is 0 Å². The second-order valence-corrected chi connectivity index (χ2v) is 5.11. The Bertz CT molecular complexity index is 206. The quantitative estimate of drug-likeness (QED) is 0.546. The summed E-state index contributed by atoms with van der Waals surface area (Å²) in [7, 11) is 0. The first-order valence-corrected chi connectivity index (χ1v) is 7.18. The van der Waals surface area contributed by atoms with Crippen molar-refractivity contribution < 1.29 is 9.53 Å². The van der Waals surface area contributed by atoms with Crippen molar-refractivity contribution in [1.82, 2.24) is 0 Å². The first-order valence-electron chi connectivity index (χ1n) is 7.18. The number of rotatable bonds is 8. The molecule has 0 radical (unpaired) electrons. The third kappa shape index (κ3) is 8.76. The van der Waals surface area contributed by atoms with E-state index in [0.717, 1.165) is 38.1 Å². The molecule has 108 valence electrons. The zero-order valence-electron chi connectivity index (χ0n) is 11.4. The van der Waals surface area contributed by atoms with Crippen molar-refractivity contribution in [3.05, 3.63) is 0 Å². The van der Waals surface area contributed by atoms with Crippen LogP contribution < -0.4 is 5.73 Å². The van der Waals surface area contributed by atoms with Crippen molar-refractivity contribution in [2.24, 2.45) is 11.7 Å². The zero-order valence-corrected chi connectivity index (χ0v) is 12.2. The molecular weight excluding hydrogens is 250 g/mol. The third-order valence-electron chi connectivity index (χ3n) is 3.60. The molecule has 1 aliphatic carbocycles. The van der Waals surface area contributed by atoms with E-state index in [1.165, 1.54) is 32.1 Å². The highest BCUT2D eigenvalue weighted by Gasteiger charge is 2.13. The molecule has 0 bridgehead atoms. The summed E-state index contributed by atoms with van der Waals surface area (Å²) in [5, 5.41) is 0. The van der Waals surface area contributed by atoms with Gasteiger partial charge in [-0.15, -0.1) is 12.4 Å². The molecule has 0 aromatic heterocycles. The molecule has 3 nitrogen and oxygen atoms in total. The van der Waals surface area contributed by atoms with Crippen LogP contribution >= 0.6 is 12.4 Å². The summed E-state index contributed by atoms with van der Waals surface area (Å²) in [5.74, 6) is 0.770. The minimum Gasteiger partial charge on any atom is -0.466 e. The normalized spacial score (nSPS) is 16.1. The highest BCUT2D eigenvalue weighted by atomic mass is 35.5. The van der Waals surface area contributed by atoms with Gasteiger partial charge in [0.1, 0.15) is 0 Å². The zero-order chi connectivity index (χ0) is 12.3. The Morgan fingerprint density at radius 1 is 1.11 bits per heavy atom. The molecule has 0 aromatic rings. The molecule has 0 heterocycles. The van der Waals surface area contributed by atoms with Crippen LogP contribution in [0.5, 0.6) is 0 Å². The van der Waals surface area contributed by atoms with Gasteiger partial charge in [-0.05, 0) is 31.7 Å². The van der Waals surface area contributed by atoms with Crippen LogP contribution in [0.1, 0.15) is 64.2 Å². The fourth-order valence-corrected chi connectivity index (χ4v) is 2.48. The van der Waals surface area contributed by atoms with Gasteiger partial charge < -0.3 is 10.5 Å². The fraction of sp³-hybridized carbons (Fsp3) is 0.929. The lowest BCUT2D eigenvalue weighted by Crippen LogP contribution is -2.12. The molecule has 0 atom stereocenters. The lowest BCUT2D eigenvalue weighted by atomic mass is 9.87. The first-order chi connectivity index (χ1) is 8.33. The summed E-state index contributed by atoms with van der Waals surface area (Å²) in [6.07, 6.45) is 11.3. The Morgan fingerprint density at radius 3 is 2.50 bits per heavy atom. The van der Waals surface area contributed by atoms with Crippen LogP contribution in [-0.2, 0) is 9.53 Å². The maximum Gasteiger partial charge on any atom is 0.305 e. The molecule has 0 amide bonds. The van der Waals surface area contributed by atoms with Crippen molar-refractivity contribution in [3.8, 4) is 0 Å². The van der Waals surface area contributed by atoms with Crippen LogP contribution in [-0.4, -0.2) is 19.1 Å². The SMILES string of the molecule is Cl.NCCCCCC(=O)OCCC1CCCCC1. The monoisotopic (exact) mass is 277 g/mol. The molecule has 1 fully saturated rings. The number of nitrogens with two attached hydrogens (primary N) is 1. The molecule has 0 spiro atoms. The molecule has 0 aliphatic heterocycles. The van der Waals surface area contributed by atoms with Gasteiger partial charge in [0, 0.05) is 6.42 Å². The number of halogens is 1. The maximum atomic E-state index is 11.4. The molecule has 0 aromatic carbocycles. The van der Waals surface area contributed by atoms with Crippen molar-refractivity contribution in [2.45, 2.75) is 64.2 Å². The number of unbranched alkanes of at least 4 members (excludes halogenated alkanes) is 2. The average molecular weight is 278 g/mol. The standard InChI is InChI=1S/C14H27NO2.ClH/c15-11-6-2-5-9-14(16)17-12-10-13-7-3-1-4-8-13;/h13H,1-12,15H2;1H. The van der Waals surface area contributed by atoms with Crippen LogP contribution in [0, 0.1) is 5.92 Å². The Kier molecular flexibility index (Phi) is 11.6. The topological polar surface area (TPSA) is 52.3 Å². The molecule has 2 N–H and O–H groups in total. The van der Waals surface area contributed by atoms with Gasteiger partial charge in [-0.2, -0.15) is 0 Å². The maximum absolute atomic E-state index is 11.4. The van der Waals surface area contributed by atoms with E-state index in [9.17, 15) is 4.79 Å². The summed E-state index contributed by atoms with van der Waals surface area (Å²) in [4.78, 5) is 11.4. The second-order valence-electron chi connectivity index (χ2n) is 5.11. The molecule has 4 heteroatoms. The summed E-state index contributed by atoms with van der Waals surface area (Å²) in [6.45, 7) is 1.34. The van der Waals surface area contributed by atoms with Crippen LogP contribution in [0.15, 0.2) is 0 Å². The third-order valence-corrected chi connectivity index (χ3v) is 3.60. The number of carbonyl (C=O) groups is 1. The van der Waals surface area contributed by atoms with E-state index in [1.807, 2.05) is 0 Å². The van der Waals surface area contributed by atoms with Gasteiger partial charge >= 0.3 is 5.97 Å². The van der Waals surface area contributed by atoms with Crippen LogP contribution in [0.25, 0.3) is 0 Å². The Balaban J connectivity index is 0.00000289. The summed E-state index contributed by atoms with van der Waals surface area (Å²) < 4.78 is 5.25. The largest absolute Gasteiger partial charge is 0.466 e. The van der Waals surface area contributed by atoms with E-state index in [0.29, 0.717) is 13.0 Å². The minimum absolute atomic E-state index is 0. The predicted molar refractivity (Wildman–Crippen MR) is 76.9 cm³/mol. The van der Waals surface area contributed by atoms with E-state index >= 15 is 0 Å². The molecular formula is C14H28ClNO2. The molecule has 1 rings (SSSR count). The van der Waals surface area contributed by atoms with E-state index in [-0.39, 0.29) is 18.4 Å². The lowest BCUT2D eigenvalue weighted by molar-refractivity contribution is -0.144. The first kappa shape index (κ1) is 17.7. The van der Waals surface area contributed by atoms with Gasteiger partial charge in [0.05, 0.1) is 6.61 Å². The molecule has 18 heavy (non-hydrogen) atoms. The van der Waals surface area contributed by atoms with Crippen LogP contribution in [0.3, 0.4) is 0 Å². The number of hydrogen-bond donors (Lipinski definition) is 1. The smallest absolute Gasteiger partial charge is 0.305 e. The van der Waals surface area contributed by atoms with Gasteiger partial charge in [0.15, 0.2) is 0 Å². The number of ether oxygens (including phenoxy) is 1. The summed E-state index contributed by atoms with van der Waals surface area (Å²) in [5.41, 5.74) is 5.39. The van der Waals surface area contributed by atoms with Gasteiger partial charge in [0.2, 0.25) is 0 Å². The summed E-state index contributed by atoms with van der Waals surface area (Å²) in [6, 6.07) is 0. The Hall–Kier alpha value is -0.280. The molecule has 1 saturated carbocycles. The highest BCUT2D eigenvalue weighted by molar-refractivity contribution is 5.85. The number of carbonyl (C=O) groups excluding carboxylic acids is 1. The van der Waals surface area contributed by atoms with Crippen molar-refractivity contribution in [1.29, 1.82) is 0 Å². The fourth-order valence-electron chi connectivity index (χ4n) is 2.48. The summed E-state index contributed by atoms with van der Waals surface area (Å²) >= 11 is 0. The van der Waals surface area contributed by atoms with Gasteiger partial charge in [-0.3, -0.25) is 4.79 Å². The van der Waals surface area contributed by atoms with E-state index in [1.54, 1.807) is 0 Å². The molecule has 1 aliphatic rings. The van der Waals surface area contributed by atoms with Crippen LogP contribution in [0.2, 0.25) is 0 Å². The van der Waals surface area contributed by atoms with Gasteiger partial charge in [-0.25, -0.2) is 0 Å². The Labute approximate surface area is 117 Å². The molecule has 0 unspecified atom stereocenters. The highest BCUT2D eigenvalue weighted by Crippen LogP contribution is 2.26. The predicted octanol–water partition coefficient (Wildman–Crippen LogP) is 3.44. The Morgan fingerprint density at radius 2 is 1.83 bits per heavy atom. The molecule has 0 saturated heterocycles. The van der Waals surface area contributed by atoms with Crippen molar-refractivity contribution in [3.63, 3.8) is 0 Å². The van der Waals surface area contributed by atoms with Gasteiger partial charge in [-0.1, -0.05) is 38.5 Å². The van der Waals surface area contributed by atoms with Gasteiger partial charge in [0.25, 0.3) is 0 Å².